The van der Waals surface area contributed by atoms with Crippen LogP contribution in [-0.2, 0) is 13.1 Å². The predicted molar refractivity (Wildman–Crippen MR) is 119 cm³/mol. The van der Waals surface area contributed by atoms with E-state index in [-0.39, 0.29) is 23.0 Å². The maximum Gasteiger partial charge on any atom is 0.269 e. The molecule has 0 saturated carbocycles. The van der Waals surface area contributed by atoms with Crippen LogP contribution in [-0.4, -0.2) is 42.6 Å². The monoisotopic (exact) mass is 447 g/mol. The quantitative estimate of drug-likeness (QED) is 0.497. The van der Waals surface area contributed by atoms with Gasteiger partial charge in [-0.15, -0.1) is 0 Å². The molecule has 4 aromatic rings. The number of halogens is 1. The minimum absolute atomic E-state index is 0.0235. The van der Waals surface area contributed by atoms with Crippen molar-refractivity contribution < 1.29 is 9.18 Å². The molecule has 2 N–H and O–H groups in total. The minimum atomic E-state index is -0.457. The van der Waals surface area contributed by atoms with Gasteiger partial charge in [-0.3, -0.25) is 14.5 Å². The molecule has 9 nitrogen and oxygen atoms in total. The lowest BCUT2D eigenvalue weighted by atomic mass is 10.1. The van der Waals surface area contributed by atoms with E-state index < -0.39 is 5.82 Å². The number of hydrogen-bond donors (Lipinski definition) is 2. The van der Waals surface area contributed by atoms with Gasteiger partial charge in [0.1, 0.15) is 16.9 Å². The van der Waals surface area contributed by atoms with Crippen LogP contribution in [0.1, 0.15) is 46.0 Å². The van der Waals surface area contributed by atoms with Crippen molar-refractivity contribution in [3.63, 3.8) is 0 Å². The smallest absolute Gasteiger partial charge is 0.269 e. The minimum Gasteiger partial charge on any atom is -0.354 e. The number of hydrogen-bond acceptors (Lipinski definition) is 6. The molecule has 1 aliphatic heterocycles. The first-order valence-corrected chi connectivity index (χ1v) is 10.5. The van der Waals surface area contributed by atoms with Crippen LogP contribution in [0.2, 0.25) is 0 Å². The summed E-state index contributed by atoms with van der Waals surface area (Å²) in [4.78, 5) is 36.7. The summed E-state index contributed by atoms with van der Waals surface area (Å²) < 4.78 is 16.9. The maximum absolute atomic E-state index is 15.1. The van der Waals surface area contributed by atoms with Crippen molar-refractivity contribution in [1.29, 1.82) is 0 Å². The molecular weight excluding hydrogens is 425 g/mol. The summed E-state index contributed by atoms with van der Waals surface area (Å²) in [6.45, 7) is 4.61. The zero-order valence-corrected chi connectivity index (χ0v) is 18.4. The van der Waals surface area contributed by atoms with Crippen molar-refractivity contribution in [1.82, 2.24) is 34.9 Å². The van der Waals surface area contributed by atoms with Crippen LogP contribution < -0.4 is 10.9 Å². The van der Waals surface area contributed by atoms with E-state index in [9.17, 15) is 9.59 Å². The Bertz CT molecular complexity index is 1440. The highest BCUT2D eigenvalue weighted by Crippen LogP contribution is 2.34. The Morgan fingerprint density at radius 1 is 1.30 bits per heavy atom. The lowest BCUT2D eigenvalue weighted by Crippen LogP contribution is -2.22. The van der Waals surface area contributed by atoms with E-state index in [1.54, 1.807) is 49.1 Å². The SMILES string of the molecule is CNC(=O)c1ccc(-n2cc3c(n2)C(C)N(Cc2ccc4nc(C)c(=O)[nH]c4c2F)C3)cn1. The zero-order chi connectivity index (χ0) is 23.3. The Labute approximate surface area is 188 Å². The maximum atomic E-state index is 15.1. The molecule has 3 aromatic heterocycles. The van der Waals surface area contributed by atoms with Gasteiger partial charge >= 0.3 is 0 Å². The van der Waals surface area contributed by atoms with Crippen molar-refractivity contribution in [3.05, 3.63) is 81.0 Å². The van der Waals surface area contributed by atoms with E-state index in [1.807, 2.05) is 13.1 Å². The highest BCUT2D eigenvalue weighted by molar-refractivity contribution is 5.92. The molecule has 1 atom stereocenters. The average molecular weight is 447 g/mol. The molecular formula is C23H22FN7O2. The molecule has 33 heavy (non-hydrogen) atoms. The zero-order valence-electron chi connectivity index (χ0n) is 18.4. The second-order valence-corrected chi connectivity index (χ2v) is 8.13. The number of pyridine rings is 1. The van der Waals surface area contributed by atoms with Crippen LogP contribution in [0.25, 0.3) is 16.7 Å². The summed E-state index contributed by atoms with van der Waals surface area (Å²) in [5.41, 5.74) is 4.02. The Morgan fingerprint density at radius 3 is 2.82 bits per heavy atom. The Kier molecular flexibility index (Phi) is 5.01. The second kappa shape index (κ2) is 7.89. The summed E-state index contributed by atoms with van der Waals surface area (Å²) in [5, 5.41) is 7.25. The molecule has 0 saturated heterocycles. The molecule has 0 bridgehead atoms. The van der Waals surface area contributed by atoms with E-state index in [2.05, 4.69) is 25.2 Å². The van der Waals surface area contributed by atoms with Gasteiger partial charge in [-0.05, 0) is 32.0 Å². The normalized spacial score (nSPS) is 15.7. The van der Waals surface area contributed by atoms with Crippen LogP contribution in [0.5, 0.6) is 0 Å². The number of aromatic amines is 1. The van der Waals surface area contributed by atoms with Gasteiger partial charge in [0.25, 0.3) is 11.5 Å². The fourth-order valence-electron chi connectivity index (χ4n) is 4.13. The number of benzene rings is 1. The van der Waals surface area contributed by atoms with E-state index >= 15 is 4.39 Å². The summed E-state index contributed by atoms with van der Waals surface area (Å²) in [5.74, 6) is -0.703. The molecule has 0 fully saturated rings. The van der Waals surface area contributed by atoms with Crippen LogP contribution in [0.15, 0.2) is 41.5 Å². The van der Waals surface area contributed by atoms with Gasteiger partial charge in [-0.25, -0.2) is 19.0 Å². The molecule has 0 radical (unpaired) electrons. The first-order valence-electron chi connectivity index (χ1n) is 10.5. The van der Waals surface area contributed by atoms with E-state index in [1.165, 1.54) is 0 Å². The summed E-state index contributed by atoms with van der Waals surface area (Å²) in [6, 6.07) is 6.87. The number of nitrogens with zero attached hydrogens (tertiary/aromatic N) is 5. The molecule has 5 rings (SSSR count). The fourth-order valence-corrected chi connectivity index (χ4v) is 4.13. The van der Waals surface area contributed by atoms with E-state index in [0.717, 1.165) is 16.9 Å². The van der Waals surface area contributed by atoms with Crippen LogP contribution in [0.3, 0.4) is 0 Å². The summed E-state index contributed by atoms with van der Waals surface area (Å²) in [6.07, 6.45) is 3.54. The van der Waals surface area contributed by atoms with Gasteiger partial charge in [0.15, 0.2) is 5.82 Å². The molecule has 1 aliphatic rings. The molecule has 1 aromatic carbocycles. The highest BCUT2D eigenvalue weighted by Gasteiger charge is 2.31. The number of amides is 1. The molecule has 4 heterocycles. The third-order valence-corrected chi connectivity index (χ3v) is 6.04. The number of rotatable bonds is 4. The first kappa shape index (κ1) is 21.0. The molecule has 10 heteroatoms. The van der Waals surface area contributed by atoms with Gasteiger partial charge in [0.05, 0.1) is 29.1 Å². The molecule has 168 valence electrons. The Balaban J connectivity index is 1.37. The predicted octanol–water partition coefficient (Wildman–Crippen LogP) is 2.39. The van der Waals surface area contributed by atoms with Crippen molar-refractivity contribution in [3.8, 4) is 5.69 Å². The van der Waals surface area contributed by atoms with Crippen molar-refractivity contribution in [2.75, 3.05) is 7.05 Å². The molecule has 1 amide bonds. The van der Waals surface area contributed by atoms with Crippen LogP contribution >= 0.6 is 0 Å². The van der Waals surface area contributed by atoms with Gasteiger partial charge in [-0.2, -0.15) is 5.10 Å². The van der Waals surface area contributed by atoms with Crippen LogP contribution in [0, 0.1) is 12.7 Å². The Morgan fingerprint density at radius 2 is 2.12 bits per heavy atom. The molecule has 0 spiro atoms. The van der Waals surface area contributed by atoms with Crippen LogP contribution in [0.4, 0.5) is 4.39 Å². The average Bonchev–Trinajstić information content (AvgIpc) is 3.36. The third kappa shape index (κ3) is 3.58. The number of nitrogens with one attached hydrogen (secondary N) is 2. The van der Waals surface area contributed by atoms with Gasteiger partial charge < -0.3 is 10.3 Å². The fraction of sp³-hybridized carbons (Fsp3) is 0.261. The number of fused-ring (bicyclic) bond motifs is 2. The Hall–Kier alpha value is -3.92. The van der Waals surface area contributed by atoms with Gasteiger partial charge in [0.2, 0.25) is 0 Å². The number of H-pyrrole nitrogens is 1. The lowest BCUT2D eigenvalue weighted by molar-refractivity contribution is 0.0958. The number of carbonyl (C=O) groups excluding carboxylic acids is 1. The third-order valence-electron chi connectivity index (χ3n) is 6.04. The van der Waals surface area contributed by atoms with E-state index in [4.69, 9.17) is 5.10 Å². The number of aryl methyl sites for hydroxylation is 1. The van der Waals surface area contributed by atoms with Gasteiger partial charge in [0, 0.05) is 37.5 Å². The number of aromatic nitrogens is 5. The summed E-state index contributed by atoms with van der Waals surface area (Å²) in [7, 11) is 1.56. The lowest BCUT2D eigenvalue weighted by Gasteiger charge is -2.22. The van der Waals surface area contributed by atoms with Crippen molar-refractivity contribution in [2.24, 2.45) is 0 Å². The largest absolute Gasteiger partial charge is 0.354 e. The van der Waals surface area contributed by atoms with Crippen molar-refractivity contribution in [2.45, 2.75) is 33.0 Å². The standard InChI is InChI=1S/C23H22FN7O2/c1-12-22(32)28-21-17(27-12)6-4-14(19(21)24)9-30-10-15-11-31(29-20(15)13(30)2)16-5-7-18(26-8-16)23(33)25-3/h4-8,11,13H,9-10H2,1-3H3,(H,25,33)(H,28,32). The highest BCUT2D eigenvalue weighted by atomic mass is 19.1. The second-order valence-electron chi connectivity index (χ2n) is 8.13. The number of carbonyl (C=O) groups is 1. The topological polar surface area (TPSA) is 109 Å². The molecule has 0 aliphatic carbocycles. The van der Waals surface area contributed by atoms with E-state index in [0.29, 0.717) is 35.6 Å². The van der Waals surface area contributed by atoms with Crippen molar-refractivity contribution >= 4 is 16.9 Å². The summed E-state index contributed by atoms with van der Waals surface area (Å²) >= 11 is 0. The van der Waals surface area contributed by atoms with Gasteiger partial charge in [-0.1, -0.05) is 6.07 Å². The first-order chi connectivity index (χ1) is 15.9. The molecule has 1 unspecified atom stereocenters.